The highest BCUT2D eigenvalue weighted by molar-refractivity contribution is 5.98. The third-order valence-electron chi connectivity index (χ3n) is 3.08. The summed E-state index contributed by atoms with van der Waals surface area (Å²) in [6, 6.07) is 7.40. The van der Waals surface area contributed by atoms with E-state index in [4.69, 9.17) is 4.74 Å². The Morgan fingerprint density at radius 2 is 2.05 bits per heavy atom. The molecule has 0 saturated carbocycles. The van der Waals surface area contributed by atoms with E-state index in [9.17, 15) is 9.59 Å². The number of ether oxygens (including phenoxy) is 1. The summed E-state index contributed by atoms with van der Waals surface area (Å²) < 4.78 is 4.83. The van der Waals surface area contributed by atoms with Crippen LogP contribution in [-0.4, -0.2) is 43.6 Å². The summed E-state index contributed by atoms with van der Waals surface area (Å²) in [7, 11) is 1.58. The molecule has 0 aliphatic carbocycles. The zero-order valence-corrected chi connectivity index (χ0v) is 11.9. The van der Waals surface area contributed by atoms with Crippen molar-refractivity contribution in [2.24, 2.45) is 0 Å². The van der Waals surface area contributed by atoms with Gasteiger partial charge < -0.3 is 20.4 Å². The van der Waals surface area contributed by atoms with Gasteiger partial charge in [0.2, 0.25) is 5.91 Å². The Morgan fingerprint density at radius 3 is 2.86 bits per heavy atom. The molecule has 21 heavy (non-hydrogen) atoms. The predicted octanol–water partition coefficient (Wildman–Crippen LogP) is 1.05. The smallest absolute Gasteiger partial charge is 0.251 e. The van der Waals surface area contributed by atoms with Crippen molar-refractivity contribution in [2.75, 3.05) is 26.8 Å². The Hall–Kier alpha value is -2.34. The molecule has 0 radical (unpaired) electrons. The fourth-order valence-corrected chi connectivity index (χ4v) is 1.96. The first-order valence-electron chi connectivity index (χ1n) is 6.81. The van der Waals surface area contributed by atoms with Gasteiger partial charge in [-0.05, 0) is 23.6 Å². The fraction of sp³-hybridized carbons (Fsp3) is 0.333. The summed E-state index contributed by atoms with van der Waals surface area (Å²) in [5.74, 6) is -0.289. The van der Waals surface area contributed by atoms with Gasteiger partial charge in [-0.1, -0.05) is 6.07 Å². The Labute approximate surface area is 122 Å². The van der Waals surface area contributed by atoms with Crippen molar-refractivity contribution in [1.82, 2.24) is 15.6 Å². The van der Waals surface area contributed by atoms with Crippen LogP contribution in [0.5, 0.6) is 0 Å². The van der Waals surface area contributed by atoms with Gasteiger partial charge >= 0.3 is 0 Å². The summed E-state index contributed by atoms with van der Waals surface area (Å²) >= 11 is 0. The number of aromatic amines is 1. The Morgan fingerprint density at radius 1 is 1.19 bits per heavy atom. The molecule has 0 aliphatic rings. The largest absolute Gasteiger partial charge is 0.383 e. The zero-order valence-electron chi connectivity index (χ0n) is 11.9. The molecule has 112 valence electrons. The number of aromatic nitrogens is 1. The van der Waals surface area contributed by atoms with Gasteiger partial charge in [-0.15, -0.1) is 0 Å². The second kappa shape index (κ2) is 7.44. The highest BCUT2D eigenvalue weighted by Gasteiger charge is 2.07. The fourth-order valence-electron chi connectivity index (χ4n) is 1.96. The molecule has 0 atom stereocenters. The summed E-state index contributed by atoms with van der Waals surface area (Å²) in [5.41, 5.74) is 1.49. The van der Waals surface area contributed by atoms with Crippen LogP contribution < -0.4 is 10.6 Å². The van der Waals surface area contributed by atoms with E-state index in [-0.39, 0.29) is 18.2 Å². The normalized spacial score (nSPS) is 10.5. The summed E-state index contributed by atoms with van der Waals surface area (Å²) in [4.78, 5) is 26.5. The SMILES string of the molecule is COCCNC(=O)CCNC(=O)c1ccc2cc[nH]c2c1. The van der Waals surface area contributed by atoms with E-state index in [1.165, 1.54) is 0 Å². The van der Waals surface area contributed by atoms with Crippen LogP contribution in [0.25, 0.3) is 10.9 Å². The van der Waals surface area contributed by atoms with Crippen molar-refractivity contribution in [3.63, 3.8) is 0 Å². The number of methoxy groups -OCH3 is 1. The van der Waals surface area contributed by atoms with E-state index in [0.717, 1.165) is 10.9 Å². The molecule has 2 rings (SSSR count). The average Bonchev–Trinajstić information content (AvgIpc) is 2.94. The number of amides is 2. The third kappa shape index (κ3) is 4.32. The maximum Gasteiger partial charge on any atom is 0.251 e. The number of nitrogens with one attached hydrogen (secondary N) is 3. The standard InChI is InChI=1S/C15H19N3O3/c1-21-9-8-17-14(19)5-7-18-15(20)12-3-2-11-4-6-16-13(11)10-12/h2-4,6,10,16H,5,7-9H2,1H3,(H,17,19)(H,18,20). The van der Waals surface area contributed by atoms with E-state index in [1.54, 1.807) is 19.2 Å². The lowest BCUT2D eigenvalue weighted by molar-refractivity contribution is -0.121. The Balaban J connectivity index is 1.77. The minimum absolute atomic E-state index is 0.104. The predicted molar refractivity (Wildman–Crippen MR) is 80.1 cm³/mol. The number of benzene rings is 1. The van der Waals surface area contributed by atoms with Crippen molar-refractivity contribution >= 4 is 22.7 Å². The molecule has 1 aromatic heterocycles. The van der Waals surface area contributed by atoms with Gasteiger partial charge in [-0.3, -0.25) is 9.59 Å². The topological polar surface area (TPSA) is 83.2 Å². The highest BCUT2D eigenvalue weighted by Crippen LogP contribution is 2.13. The van der Waals surface area contributed by atoms with Gasteiger partial charge in [0.1, 0.15) is 0 Å². The lowest BCUT2D eigenvalue weighted by Gasteiger charge is -2.06. The Bertz CT molecular complexity index is 621. The number of rotatable bonds is 7. The molecule has 2 amide bonds. The van der Waals surface area contributed by atoms with Crippen molar-refractivity contribution in [3.05, 3.63) is 36.0 Å². The molecule has 0 saturated heterocycles. The molecule has 1 aromatic carbocycles. The number of carbonyl (C=O) groups is 2. The third-order valence-corrected chi connectivity index (χ3v) is 3.08. The van der Waals surface area contributed by atoms with Gasteiger partial charge in [0.15, 0.2) is 0 Å². The minimum atomic E-state index is -0.184. The second-order valence-electron chi connectivity index (χ2n) is 4.63. The van der Waals surface area contributed by atoms with Gasteiger partial charge in [0.05, 0.1) is 6.61 Å². The molecule has 0 bridgehead atoms. The molecule has 2 aromatic rings. The molecule has 0 spiro atoms. The zero-order chi connectivity index (χ0) is 15.1. The number of hydrogen-bond donors (Lipinski definition) is 3. The van der Waals surface area contributed by atoms with Crippen LogP contribution in [0.3, 0.4) is 0 Å². The quantitative estimate of drug-likeness (QED) is 0.666. The summed E-state index contributed by atoms with van der Waals surface area (Å²) in [6.07, 6.45) is 2.08. The van der Waals surface area contributed by atoms with Crippen LogP contribution in [0.15, 0.2) is 30.5 Å². The van der Waals surface area contributed by atoms with Crippen LogP contribution >= 0.6 is 0 Å². The van der Waals surface area contributed by atoms with E-state index < -0.39 is 0 Å². The Kier molecular flexibility index (Phi) is 5.34. The monoisotopic (exact) mass is 289 g/mol. The lowest BCUT2D eigenvalue weighted by Crippen LogP contribution is -2.32. The van der Waals surface area contributed by atoms with Crippen LogP contribution in [0, 0.1) is 0 Å². The molecular weight excluding hydrogens is 270 g/mol. The molecule has 0 unspecified atom stereocenters. The molecule has 6 nitrogen and oxygen atoms in total. The van der Waals surface area contributed by atoms with Crippen LogP contribution in [-0.2, 0) is 9.53 Å². The molecule has 6 heteroatoms. The molecule has 0 aliphatic heterocycles. The van der Waals surface area contributed by atoms with Gasteiger partial charge in [-0.25, -0.2) is 0 Å². The molecule has 0 fully saturated rings. The first-order chi connectivity index (χ1) is 10.2. The molecule has 1 heterocycles. The average molecular weight is 289 g/mol. The second-order valence-corrected chi connectivity index (χ2v) is 4.63. The van der Waals surface area contributed by atoms with Crippen molar-refractivity contribution in [1.29, 1.82) is 0 Å². The van der Waals surface area contributed by atoms with E-state index >= 15 is 0 Å². The number of carbonyl (C=O) groups excluding carboxylic acids is 2. The minimum Gasteiger partial charge on any atom is -0.383 e. The van der Waals surface area contributed by atoms with E-state index in [0.29, 0.717) is 25.3 Å². The van der Waals surface area contributed by atoms with Crippen molar-refractivity contribution < 1.29 is 14.3 Å². The maximum atomic E-state index is 12.0. The van der Waals surface area contributed by atoms with E-state index in [1.807, 2.05) is 18.3 Å². The number of hydrogen-bond acceptors (Lipinski definition) is 3. The van der Waals surface area contributed by atoms with Crippen LogP contribution in [0.1, 0.15) is 16.8 Å². The molecular formula is C15H19N3O3. The molecule has 3 N–H and O–H groups in total. The number of fused-ring (bicyclic) bond motifs is 1. The first kappa shape index (κ1) is 15.1. The van der Waals surface area contributed by atoms with Gasteiger partial charge in [0.25, 0.3) is 5.91 Å². The summed E-state index contributed by atoms with van der Waals surface area (Å²) in [5, 5.41) is 6.49. The van der Waals surface area contributed by atoms with Gasteiger partial charge in [-0.2, -0.15) is 0 Å². The highest BCUT2D eigenvalue weighted by atomic mass is 16.5. The van der Waals surface area contributed by atoms with Gasteiger partial charge in [0, 0.05) is 43.9 Å². The van der Waals surface area contributed by atoms with Crippen molar-refractivity contribution in [3.8, 4) is 0 Å². The van der Waals surface area contributed by atoms with Crippen molar-refractivity contribution in [2.45, 2.75) is 6.42 Å². The summed E-state index contributed by atoms with van der Waals surface area (Å²) in [6.45, 7) is 1.27. The lowest BCUT2D eigenvalue weighted by atomic mass is 10.1. The first-order valence-corrected chi connectivity index (χ1v) is 6.81. The maximum absolute atomic E-state index is 12.0. The van der Waals surface area contributed by atoms with Crippen LogP contribution in [0.4, 0.5) is 0 Å². The number of H-pyrrole nitrogens is 1. The van der Waals surface area contributed by atoms with E-state index in [2.05, 4.69) is 15.6 Å². The van der Waals surface area contributed by atoms with Crippen LogP contribution in [0.2, 0.25) is 0 Å².